The van der Waals surface area contributed by atoms with Crippen molar-refractivity contribution >= 4 is 30.3 Å². The normalized spacial score (nSPS) is 19.6. The molecule has 2 aromatic rings. The molecule has 0 N–H and O–H groups in total. The quantitative estimate of drug-likeness (QED) is 0.442. The fraction of sp³-hybridized carbons (Fsp3) is 0.200. The Morgan fingerprint density at radius 2 is 2.11 bits per heavy atom. The smallest absolute Gasteiger partial charge is 0.318 e. The van der Waals surface area contributed by atoms with Crippen LogP contribution in [0.5, 0.6) is 0 Å². The molecule has 0 saturated carbocycles. The maximum Gasteiger partial charge on any atom is 0.331 e. The lowest BCUT2D eigenvalue weighted by molar-refractivity contribution is -0.140. The first-order valence-corrected chi connectivity index (χ1v) is 6.19. The number of hydrogen-bond acceptors (Lipinski definition) is 3. The van der Waals surface area contributed by atoms with Crippen molar-refractivity contribution in [2.24, 2.45) is 5.16 Å². The van der Waals surface area contributed by atoms with Gasteiger partial charge in [0.1, 0.15) is 0 Å². The van der Waals surface area contributed by atoms with Crippen LogP contribution in [0, 0.1) is 0 Å². The maximum atomic E-state index is 10.9. The van der Waals surface area contributed by atoms with Crippen molar-refractivity contribution < 1.29 is 9.63 Å². The van der Waals surface area contributed by atoms with Gasteiger partial charge >= 0.3 is 5.97 Å². The summed E-state index contributed by atoms with van der Waals surface area (Å²) in [7, 11) is 6.11. The Kier molecular flexibility index (Phi) is 2.86. The Morgan fingerprint density at radius 1 is 1.32 bits per heavy atom. The second kappa shape index (κ2) is 4.54. The van der Waals surface area contributed by atoms with Gasteiger partial charge in [0.15, 0.2) is 0 Å². The molecule has 19 heavy (non-hydrogen) atoms. The van der Waals surface area contributed by atoms with E-state index < -0.39 is 5.97 Å². The summed E-state index contributed by atoms with van der Waals surface area (Å²) in [5, 5.41) is 6.18. The van der Waals surface area contributed by atoms with E-state index in [1.54, 1.807) is 0 Å². The van der Waals surface area contributed by atoms with Crippen molar-refractivity contribution in [2.75, 3.05) is 0 Å². The molecule has 4 heteroatoms. The summed E-state index contributed by atoms with van der Waals surface area (Å²) in [4.78, 5) is 15.7. The van der Waals surface area contributed by atoms with Crippen LogP contribution in [0.2, 0.25) is 0 Å². The van der Waals surface area contributed by atoms with E-state index in [1.165, 1.54) is 6.92 Å². The summed E-state index contributed by atoms with van der Waals surface area (Å²) in [6.45, 7) is 1.34. The van der Waals surface area contributed by atoms with Gasteiger partial charge in [-0.25, -0.2) is 4.79 Å². The van der Waals surface area contributed by atoms with Crippen LogP contribution in [0.3, 0.4) is 0 Å². The standard InChI is InChI=1S/C15H12BNO2/c1-9(18)19-17-14-8-13(16)12-7-6-10-4-2-3-5-11(10)15(12)14/h2-7,13H,8H2,1H3/b17-14+. The van der Waals surface area contributed by atoms with Crippen LogP contribution in [-0.4, -0.2) is 19.5 Å². The lowest BCUT2D eigenvalue weighted by atomic mass is 9.82. The molecule has 0 aliphatic heterocycles. The summed E-state index contributed by atoms with van der Waals surface area (Å²) >= 11 is 0. The molecule has 1 unspecified atom stereocenters. The third-order valence-corrected chi connectivity index (χ3v) is 3.35. The van der Waals surface area contributed by atoms with Gasteiger partial charge in [-0.2, -0.15) is 0 Å². The Morgan fingerprint density at radius 3 is 2.89 bits per heavy atom. The number of nitrogens with zero attached hydrogens (tertiary/aromatic N) is 1. The molecule has 2 aromatic carbocycles. The Bertz CT molecular complexity index is 694. The largest absolute Gasteiger partial charge is 0.331 e. The molecular weight excluding hydrogens is 237 g/mol. The molecule has 92 valence electrons. The van der Waals surface area contributed by atoms with Gasteiger partial charge < -0.3 is 4.84 Å². The van der Waals surface area contributed by atoms with Crippen molar-refractivity contribution in [1.29, 1.82) is 0 Å². The molecule has 0 bridgehead atoms. The molecule has 0 aromatic heterocycles. The molecule has 0 amide bonds. The fourth-order valence-electron chi connectivity index (χ4n) is 2.54. The molecule has 1 aliphatic rings. The predicted octanol–water partition coefficient (Wildman–Crippen LogP) is 2.72. The molecule has 1 atom stereocenters. The minimum absolute atomic E-state index is 0.0890. The van der Waals surface area contributed by atoms with Crippen molar-refractivity contribution in [2.45, 2.75) is 19.2 Å². The van der Waals surface area contributed by atoms with E-state index in [0.717, 1.165) is 27.6 Å². The van der Waals surface area contributed by atoms with E-state index in [1.807, 2.05) is 30.3 Å². The topological polar surface area (TPSA) is 38.7 Å². The Labute approximate surface area is 112 Å². The summed E-state index contributed by atoms with van der Waals surface area (Å²) in [5.41, 5.74) is 2.81. The molecular formula is C15H12BNO2. The first-order valence-electron chi connectivity index (χ1n) is 6.19. The SMILES string of the molecule is [B]C1C/C(=N\OC(C)=O)c2c1ccc1ccccc21. The van der Waals surface area contributed by atoms with Gasteiger partial charge in [0.05, 0.1) is 13.6 Å². The van der Waals surface area contributed by atoms with Gasteiger partial charge in [0.25, 0.3) is 0 Å². The van der Waals surface area contributed by atoms with Crippen LogP contribution in [0.1, 0.15) is 30.3 Å². The van der Waals surface area contributed by atoms with Gasteiger partial charge in [-0.05, 0) is 28.6 Å². The first kappa shape index (κ1) is 12.0. The summed E-state index contributed by atoms with van der Waals surface area (Å²) in [5.74, 6) is -0.510. The fourth-order valence-corrected chi connectivity index (χ4v) is 2.54. The van der Waals surface area contributed by atoms with Crippen molar-refractivity contribution in [3.8, 4) is 0 Å². The van der Waals surface area contributed by atoms with Crippen molar-refractivity contribution in [3.05, 3.63) is 47.5 Å². The summed E-state index contributed by atoms with van der Waals surface area (Å²) < 4.78 is 0. The summed E-state index contributed by atoms with van der Waals surface area (Å²) in [6.07, 6.45) is 0.594. The van der Waals surface area contributed by atoms with Crippen LogP contribution in [0.25, 0.3) is 10.8 Å². The van der Waals surface area contributed by atoms with E-state index in [2.05, 4.69) is 11.2 Å². The predicted molar refractivity (Wildman–Crippen MR) is 75.4 cm³/mol. The number of hydrogen-bond donors (Lipinski definition) is 0. The molecule has 3 rings (SSSR count). The monoisotopic (exact) mass is 249 g/mol. The number of oxime groups is 1. The van der Waals surface area contributed by atoms with Crippen molar-refractivity contribution in [1.82, 2.24) is 0 Å². The molecule has 0 fully saturated rings. The third-order valence-electron chi connectivity index (χ3n) is 3.35. The highest BCUT2D eigenvalue weighted by Gasteiger charge is 2.26. The minimum Gasteiger partial charge on any atom is -0.318 e. The zero-order chi connectivity index (χ0) is 13.4. The number of carbonyl (C=O) groups is 1. The van der Waals surface area contributed by atoms with Crippen molar-refractivity contribution in [3.63, 3.8) is 0 Å². The van der Waals surface area contributed by atoms with Crippen LogP contribution in [0.15, 0.2) is 41.6 Å². The van der Waals surface area contributed by atoms with Crippen LogP contribution in [0.4, 0.5) is 0 Å². The highest BCUT2D eigenvalue weighted by Crippen LogP contribution is 2.36. The molecule has 2 radical (unpaired) electrons. The van der Waals surface area contributed by atoms with Gasteiger partial charge in [-0.1, -0.05) is 41.6 Å². The lowest BCUT2D eigenvalue weighted by Gasteiger charge is -2.07. The second-order valence-corrected chi connectivity index (χ2v) is 4.68. The molecule has 0 saturated heterocycles. The maximum absolute atomic E-state index is 10.9. The lowest BCUT2D eigenvalue weighted by Crippen LogP contribution is -2.00. The molecule has 1 aliphatic carbocycles. The average molecular weight is 249 g/mol. The van der Waals surface area contributed by atoms with E-state index >= 15 is 0 Å². The number of fused-ring (bicyclic) bond motifs is 3. The first-order chi connectivity index (χ1) is 9.16. The summed E-state index contributed by atoms with van der Waals surface area (Å²) in [6, 6.07) is 12.1. The highest BCUT2D eigenvalue weighted by atomic mass is 16.7. The van der Waals surface area contributed by atoms with E-state index in [4.69, 9.17) is 12.7 Å². The zero-order valence-corrected chi connectivity index (χ0v) is 10.6. The second-order valence-electron chi connectivity index (χ2n) is 4.68. The number of carbonyl (C=O) groups excluding carboxylic acids is 1. The van der Waals surface area contributed by atoms with Crippen LogP contribution >= 0.6 is 0 Å². The van der Waals surface area contributed by atoms with Gasteiger partial charge in [0.2, 0.25) is 0 Å². The average Bonchev–Trinajstić information content (AvgIpc) is 2.73. The molecule has 0 spiro atoms. The third kappa shape index (κ3) is 2.03. The molecule has 0 heterocycles. The van der Waals surface area contributed by atoms with E-state index in [0.29, 0.717) is 6.42 Å². The van der Waals surface area contributed by atoms with Gasteiger partial charge in [-0.3, -0.25) is 0 Å². The van der Waals surface area contributed by atoms with E-state index in [-0.39, 0.29) is 5.82 Å². The van der Waals surface area contributed by atoms with Gasteiger partial charge in [-0.15, -0.1) is 0 Å². The van der Waals surface area contributed by atoms with Crippen LogP contribution < -0.4 is 0 Å². The number of rotatable bonds is 1. The Balaban J connectivity index is 2.20. The van der Waals surface area contributed by atoms with Crippen LogP contribution in [-0.2, 0) is 9.63 Å². The highest BCUT2D eigenvalue weighted by molar-refractivity contribution is 6.23. The number of benzene rings is 2. The van der Waals surface area contributed by atoms with Gasteiger partial charge in [0, 0.05) is 12.5 Å². The van der Waals surface area contributed by atoms with E-state index in [9.17, 15) is 4.79 Å². The molecule has 3 nitrogen and oxygen atoms in total. The Hall–Kier alpha value is -2.10. The minimum atomic E-state index is -0.422. The zero-order valence-electron chi connectivity index (χ0n) is 10.6.